The zero-order valence-electron chi connectivity index (χ0n) is 13.0. The van der Waals surface area contributed by atoms with E-state index in [1.54, 1.807) is 43.5 Å². The molecule has 0 aliphatic heterocycles. The number of anilines is 1. The Morgan fingerprint density at radius 2 is 1.79 bits per heavy atom. The molecular weight excluding hydrogens is 310 g/mol. The number of nitrogens with one attached hydrogen (secondary N) is 2. The molecule has 0 aliphatic carbocycles. The molecule has 0 aromatic heterocycles. The van der Waals surface area contributed by atoms with E-state index in [-0.39, 0.29) is 18.0 Å². The van der Waals surface area contributed by atoms with Gasteiger partial charge in [0.15, 0.2) is 0 Å². The quantitative estimate of drug-likeness (QED) is 0.533. The van der Waals surface area contributed by atoms with Gasteiger partial charge in [0, 0.05) is 5.69 Å². The lowest BCUT2D eigenvalue weighted by molar-refractivity contribution is -0.119. The minimum absolute atomic E-state index is 0.0711. The number of amides is 1. The second-order valence-electron chi connectivity index (χ2n) is 4.80. The lowest BCUT2D eigenvalue weighted by Gasteiger charge is -2.06. The number of carboxylic acids is 1. The molecule has 24 heavy (non-hydrogen) atoms. The summed E-state index contributed by atoms with van der Waals surface area (Å²) in [5.74, 6) is -0.552. The summed E-state index contributed by atoms with van der Waals surface area (Å²) in [5, 5.41) is 15.6. The van der Waals surface area contributed by atoms with Crippen LogP contribution in [0.5, 0.6) is 5.75 Å². The molecule has 0 heterocycles. The summed E-state index contributed by atoms with van der Waals surface area (Å²) in [5.41, 5.74) is 4.06. The number of benzene rings is 2. The molecule has 0 bridgehead atoms. The summed E-state index contributed by atoms with van der Waals surface area (Å²) < 4.78 is 5.05. The number of carboxylic acid groups (broad SMARTS) is 1. The highest BCUT2D eigenvalue weighted by molar-refractivity contribution is 5.89. The molecule has 0 spiro atoms. The molecule has 0 fully saturated rings. The second kappa shape index (κ2) is 8.33. The minimum Gasteiger partial charge on any atom is -0.497 e. The van der Waals surface area contributed by atoms with Gasteiger partial charge in [-0.1, -0.05) is 12.1 Å². The Hall–Kier alpha value is -3.35. The van der Waals surface area contributed by atoms with Crippen molar-refractivity contribution in [2.24, 2.45) is 5.10 Å². The van der Waals surface area contributed by atoms with Gasteiger partial charge in [-0.15, -0.1) is 0 Å². The smallest absolute Gasteiger partial charge is 0.335 e. The Bertz CT molecular complexity index is 725. The van der Waals surface area contributed by atoms with Crippen LogP contribution in [0.15, 0.2) is 53.6 Å². The van der Waals surface area contributed by atoms with Crippen LogP contribution in [0.3, 0.4) is 0 Å². The molecule has 2 aromatic carbocycles. The Balaban J connectivity index is 1.78. The minimum atomic E-state index is -0.989. The number of hydrogen-bond acceptors (Lipinski definition) is 5. The number of methoxy groups -OCH3 is 1. The summed E-state index contributed by atoms with van der Waals surface area (Å²) in [4.78, 5) is 22.4. The fourth-order valence-electron chi connectivity index (χ4n) is 1.82. The maximum Gasteiger partial charge on any atom is 0.335 e. The highest BCUT2D eigenvalue weighted by Crippen LogP contribution is 2.14. The summed E-state index contributed by atoms with van der Waals surface area (Å²) in [6.07, 6.45) is 1.44. The molecule has 0 aliphatic rings. The maximum atomic E-state index is 11.7. The van der Waals surface area contributed by atoms with Crippen LogP contribution in [0.1, 0.15) is 15.9 Å². The molecule has 0 unspecified atom stereocenters. The summed E-state index contributed by atoms with van der Waals surface area (Å²) in [7, 11) is 1.59. The van der Waals surface area contributed by atoms with Crippen LogP contribution in [0, 0.1) is 0 Å². The largest absolute Gasteiger partial charge is 0.497 e. The number of carbonyl (C=O) groups excluding carboxylic acids is 1. The van der Waals surface area contributed by atoms with E-state index in [0.717, 1.165) is 11.4 Å². The Labute approximate surface area is 139 Å². The molecule has 0 saturated carbocycles. The van der Waals surface area contributed by atoms with E-state index in [9.17, 15) is 9.59 Å². The van der Waals surface area contributed by atoms with Crippen molar-refractivity contribution in [3.63, 3.8) is 0 Å². The van der Waals surface area contributed by atoms with E-state index in [1.807, 2.05) is 0 Å². The van der Waals surface area contributed by atoms with Crippen LogP contribution in [0.2, 0.25) is 0 Å². The summed E-state index contributed by atoms with van der Waals surface area (Å²) in [6.45, 7) is 0.0711. The van der Waals surface area contributed by atoms with Crippen molar-refractivity contribution in [2.45, 2.75) is 0 Å². The third-order valence-electron chi connectivity index (χ3n) is 3.10. The van der Waals surface area contributed by atoms with Gasteiger partial charge in [-0.3, -0.25) is 4.79 Å². The second-order valence-corrected chi connectivity index (χ2v) is 4.80. The lowest BCUT2D eigenvalue weighted by Crippen LogP contribution is -2.25. The van der Waals surface area contributed by atoms with Crippen LogP contribution < -0.4 is 15.5 Å². The van der Waals surface area contributed by atoms with Crippen LogP contribution in [-0.4, -0.2) is 36.9 Å². The molecule has 2 aromatic rings. The predicted octanol–water partition coefficient (Wildman–Crippen LogP) is 1.96. The first-order valence-corrected chi connectivity index (χ1v) is 7.11. The molecule has 0 saturated heterocycles. The SMILES string of the molecule is COc1ccc(NCC(=O)N/N=C\c2ccc(C(=O)O)cc2)cc1. The average Bonchev–Trinajstić information content (AvgIpc) is 2.61. The normalized spacial score (nSPS) is 10.4. The highest BCUT2D eigenvalue weighted by atomic mass is 16.5. The Kier molecular flexibility index (Phi) is 5.90. The fraction of sp³-hybridized carbons (Fsp3) is 0.118. The number of aromatic carboxylic acids is 1. The molecule has 3 N–H and O–H groups in total. The zero-order valence-corrected chi connectivity index (χ0v) is 13.0. The number of hydrogen-bond donors (Lipinski definition) is 3. The van der Waals surface area contributed by atoms with Gasteiger partial charge in [-0.25, -0.2) is 10.2 Å². The number of hydrazone groups is 1. The van der Waals surface area contributed by atoms with Gasteiger partial charge in [0.1, 0.15) is 5.75 Å². The van der Waals surface area contributed by atoms with Gasteiger partial charge < -0.3 is 15.2 Å². The van der Waals surface area contributed by atoms with Crippen molar-refractivity contribution in [2.75, 3.05) is 19.0 Å². The molecule has 7 nitrogen and oxygen atoms in total. The van der Waals surface area contributed by atoms with E-state index in [0.29, 0.717) is 5.56 Å². The average molecular weight is 327 g/mol. The van der Waals surface area contributed by atoms with E-state index in [1.165, 1.54) is 18.3 Å². The van der Waals surface area contributed by atoms with E-state index < -0.39 is 5.97 Å². The summed E-state index contributed by atoms with van der Waals surface area (Å²) in [6, 6.07) is 13.3. The van der Waals surface area contributed by atoms with Gasteiger partial charge in [-0.2, -0.15) is 5.10 Å². The molecule has 2 rings (SSSR count). The van der Waals surface area contributed by atoms with Crippen molar-refractivity contribution in [3.8, 4) is 5.75 Å². The standard InChI is InChI=1S/C17H17N3O4/c1-24-15-8-6-14(7-9-15)18-11-16(21)20-19-10-12-2-4-13(5-3-12)17(22)23/h2-10,18H,11H2,1H3,(H,20,21)(H,22,23)/b19-10-. The molecule has 7 heteroatoms. The predicted molar refractivity (Wildman–Crippen MR) is 90.6 cm³/mol. The zero-order chi connectivity index (χ0) is 17.4. The first kappa shape index (κ1) is 17.0. The van der Waals surface area contributed by atoms with Crippen molar-refractivity contribution >= 4 is 23.8 Å². The van der Waals surface area contributed by atoms with Gasteiger partial charge in [0.25, 0.3) is 5.91 Å². The van der Waals surface area contributed by atoms with Crippen LogP contribution >= 0.6 is 0 Å². The molecule has 0 atom stereocenters. The number of carbonyl (C=O) groups is 2. The summed E-state index contributed by atoms with van der Waals surface area (Å²) >= 11 is 0. The Morgan fingerprint density at radius 1 is 1.12 bits per heavy atom. The van der Waals surface area contributed by atoms with E-state index in [4.69, 9.17) is 9.84 Å². The number of nitrogens with zero attached hydrogens (tertiary/aromatic N) is 1. The van der Waals surface area contributed by atoms with Crippen molar-refractivity contribution in [1.29, 1.82) is 0 Å². The van der Waals surface area contributed by atoms with Crippen molar-refractivity contribution in [3.05, 3.63) is 59.7 Å². The van der Waals surface area contributed by atoms with Crippen LogP contribution in [-0.2, 0) is 4.79 Å². The van der Waals surface area contributed by atoms with Crippen molar-refractivity contribution in [1.82, 2.24) is 5.43 Å². The first-order chi connectivity index (χ1) is 11.6. The van der Waals surface area contributed by atoms with Crippen LogP contribution in [0.25, 0.3) is 0 Å². The molecule has 124 valence electrons. The lowest BCUT2D eigenvalue weighted by atomic mass is 10.1. The fourth-order valence-corrected chi connectivity index (χ4v) is 1.82. The monoisotopic (exact) mass is 327 g/mol. The third-order valence-corrected chi connectivity index (χ3v) is 3.10. The number of rotatable bonds is 7. The van der Waals surface area contributed by atoms with Gasteiger partial charge in [0.05, 0.1) is 25.4 Å². The molecule has 1 amide bonds. The van der Waals surface area contributed by atoms with Crippen LogP contribution in [0.4, 0.5) is 5.69 Å². The van der Waals surface area contributed by atoms with Gasteiger partial charge >= 0.3 is 5.97 Å². The highest BCUT2D eigenvalue weighted by Gasteiger charge is 2.01. The first-order valence-electron chi connectivity index (χ1n) is 7.11. The Morgan fingerprint density at radius 3 is 2.38 bits per heavy atom. The van der Waals surface area contributed by atoms with Gasteiger partial charge in [-0.05, 0) is 42.0 Å². The topological polar surface area (TPSA) is 100 Å². The van der Waals surface area contributed by atoms with Crippen molar-refractivity contribution < 1.29 is 19.4 Å². The van der Waals surface area contributed by atoms with E-state index in [2.05, 4.69) is 15.8 Å². The maximum absolute atomic E-state index is 11.7. The molecule has 0 radical (unpaired) electrons. The molecular formula is C17H17N3O4. The third kappa shape index (κ3) is 5.13. The van der Waals surface area contributed by atoms with E-state index >= 15 is 0 Å². The number of ether oxygens (including phenoxy) is 1. The van der Waals surface area contributed by atoms with Gasteiger partial charge in [0.2, 0.25) is 0 Å².